The lowest BCUT2D eigenvalue weighted by atomic mass is 9.94. The number of fused-ring (bicyclic) bond motifs is 2. The van der Waals surface area contributed by atoms with Crippen molar-refractivity contribution in [1.29, 1.82) is 0 Å². The Morgan fingerprint density at radius 2 is 1.46 bits per heavy atom. The van der Waals surface area contributed by atoms with Crippen LogP contribution in [0.3, 0.4) is 0 Å². The molecule has 8 rings (SSSR count). The Balaban J connectivity index is 1.09. The Kier molecular flexibility index (Phi) is 9.89. The molecule has 0 atom stereocenters. The van der Waals surface area contributed by atoms with Gasteiger partial charge in [-0.15, -0.1) is 0 Å². The molecule has 1 amide bonds. The van der Waals surface area contributed by atoms with Gasteiger partial charge in [0.15, 0.2) is 11.7 Å². The van der Waals surface area contributed by atoms with E-state index in [0.29, 0.717) is 23.6 Å². The fourth-order valence-electron chi connectivity index (χ4n) is 7.91. The number of nitrogens with two attached hydrogens (primary N) is 2. The summed E-state index contributed by atoms with van der Waals surface area (Å²) >= 11 is 0. The molecule has 11 heteroatoms. The summed E-state index contributed by atoms with van der Waals surface area (Å²) in [4.78, 5) is 26.8. The molecule has 286 valence electrons. The number of nitrogens with zero attached hydrogens (tertiary/aromatic N) is 6. The number of hydrogen-bond donors (Lipinski definition) is 3. The predicted molar refractivity (Wildman–Crippen MR) is 228 cm³/mol. The number of amides is 1. The number of hydrogen-bond acceptors (Lipinski definition) is 6. The minimum atomic E-state index is -0.152. The third-order valence-electron chi connectivity index (χ3n) is 10.6. The van der Waals surface area contributed by atoms with Gasteiger partial charge in [-0.05, 0) is 105 Å². The van der Waals surface area contributed by atoms with Crippen LogP contribution in [0.2, 0.25) is 0 Å². The Bertz CT molecular complexity index is 2840. The van der Waals surface area contributed by atoms with Gasteiger partial charge in [0.05, 0.1) is 39.5 Å². The van der Waals surface area contributed by atoms with Gasteiger partial charge in [0, 0.05) is 36.8 Å². The average Bonchev–Trinajstić information content (AvgIpc) is 3.92. The lowest BCUT2D eigenvalue weighted by Gasteiger charge is -2.15. The lowest BCUT2D eigenvalue weighted by molar-refractivity contribution is 0.0963. The molecule has 3 heterocycles. The second-order valence-corrected chi connectivity index (χ2v) is 14.4. The highest BCUT2D eigenvalue weighted by Gasteiger charge is 2.22. The second-order valence-electron chi connectivity index (χ2n) is 14.4. The van der Waals surface area contributed by atoms with E-state index in [1.54, 1.807) is 13.2 Å². The van der Waals surface area contributed by atoms with Crippen molar-refractivity contribution < 1.29 is 9.32 Å². The summed E-state index contributed by atoms with van der Waals surface area (Å²) in [7, 11) is 1.62. The summed E-state index contributed by atoms with van der Waals surface area (Å²) in [5.41, 5.74) is 26.1. The molecule has 0 spiro atoms. The number of imidazole rings is 2. The van der Waals surface area contributed by atoms with Crippen molar-refractivity contribution in [2.24, 2.45) is 16.5 Å². The predicted octanol–water partition coefficient (Wildman–Crippen LogP) is 8.88. The summed E-state index contributed by atoms with van der Waals surface area (Å²) < 4.78 is 10.4. The summed E-state index contributed by atoms with van der Waals surface area (Å²) in [5, 5.41) is 6.90. The van der Waals surface area contributed by atoms with Crippen LogP contribution < -0.4 is 16.8 Å². The highest BCUT2D eigenvalue weighted by atomic mass is 16.5. The molecule has 5 aromatic carbocycles. The van der Waals surface area contributed by atoms with Crippen LogP contribution in [0.15, 0.2) is 113 Å². The van der Waals surface area contributed by atoms with Gasteiger partial charge in [-0.2, -0.15) is 0 Å². The molecule has 3 aromatic heterocycles. The maximum Gasteiger partial charge on any atom is 0.251 e. The maximum atomic E-state index is 12.3. The van der Waals surface area contributed by atoms with Crippen molar-refractivity contribution in [2.75, 3.05) is 7.05 Å². The van der Waals surface area contributed by atoms with E-state index in [4.69, 9.17) is 26.0 Å². The van der Waals surface area contributed by atoms with Crippen LogP contribution in [-0.2, 0) is 19.5 Å². The van der Waals surface area contributed by atoms with Crippen LogP contribution in [-0.4, -0.2) is 43.2 Å². The zero-order valence-electron chi connectivity index (χ0n) is 32.8. The van der Waals surface area contributed by atoms with Crippen molar-refractivity contribution in [3.05, 3.63) is 131 Å². The van der Waals surface area contributed by atoms with Crippen molar-refractivity contribution >= 4 is 39.6 Å². The van der Waals surface area contributed by atoms with E-state index in [2.05, 4.69) is 119 Å². The van der Waals surface area contributed by atoms with E-state index in [-0.39, 0.29) is 11.9 Å². The molecule has 11 nitrogen and oxygen atoms in total. The van der Waals surface area contributed by atoms with Crippen molar-refractivity contribution in [3.8, 4) is 45.2 Å². The van der Waals surface area contributed by atoms with E-state index in [1.165, 1.54) is 22.3 Å². The Morgan fingerprint density at radius 1 is 0.754 bits per heavy atom. The molecule has 8 aromatic rings. The fraction of sp³-hybridized carbons (Fsp3) is 0.196. The molecule has 0 unspecified atom stereocenters. The molecule has 57 heavy (non-hydrogen) atoms. The van der Waals surface area contributed by atoms with Gasteiger partial charge in [-0.3, -0.25) is 4.79 Å². The number of guanidine groups is 1. The van der Waals surface area contributed by atoms with Crippen LogP contribution >= 0.6 is 0 Å². The number of nitrogens with one attached hydrogen (secondary N) is 1. The number of carbonyl (C=O) groups excluding carboxylic acids is 1. The quantitative estimate of drug-likeness (QED) is 0.0880. The number of aryl methyl sites for hydroxylation is 6. The molecule has 0 aliphatic carbocycles. The topological polar surface area (TPSA) is 155 Å². The highest BCUT2D eigenvalue weighted by molar-refractivity contribution is 5.98. The Hall–Kier alpha value is -7.01. The number of rotatable bonds is 11. The molecular weight excluding hydrogens is 711 g/mol. The zero-order valence-corrected chi connectivity index (χ0v) is 32.8. The van der Waals surface area contributed by atoms with Crippen molar-refractivity contribution in [1.82, 2.24) is 29.6 Å². The maximum absolute atomic E-state index is 12.3. The van der Waals surface area contributed by atoms with Crippen LogP contribution in [0.4, 0.5) is 5.69 Å². The monoisotopic (exact) mass is 755 g/mol. The number of aromatic nitrogens is 5. The SMILES string of the molecule is CCn1c(-c2cnoc2-c2ccc(CCCn3c(-c4ccccc4-c4ccc(C)cc4C)nc4cc(N=C(N)N)ccc43)cc2C)nc2cc(C(=O)NC)ccc21. The Morgan fingerprint density at radius 3 is 2.19 bits per heavy atom. The molecule has 0 aliphatic rings. The normalized spacial score (nSPS) is 11.4. The Labute approximate surface area is 331 Å². The van der Waals surface area contributed by atoms with Crippen LogP contribution in [0, 0.1) is 20.8 Å². The standard InChI is InChI=1S/C46H45N9O2/c1-6-54-40-19-15-31(45(56)49-5)24-38(40)52-44(54)37-26-50-57-42(37)34-18-14-30(23-29(34)4)10-9-21-55-41-20-16-32(51-46(47)48)25-39(41)53-43(55)36-12-8-7-11-35(36)33-17-13-27(2)22-28(33)3/h7-8,11-20,22-26H,6,9-10,21H2,1-5H3,(H,49,56)(H4,47,48,51). The smallest absolute Gasteiger partial charge is 0.251 e. The highest BCUT2D eigenvalue weighted by Crippen LogP contribution is 2.38. The van der Waals surface area contributed by atoms with Gasteiger partial charge >= 0.3 is 0 Å². The average molecular weight is 756 g/mol. The first kappa shape index (κ1) is 36.9. The van der Waals surface area contributed by atoms with Gasteiger partial charge < -0.3 is 30.4 Å². The summed E-state index contributed by atoms with van der Waals surface area (Å²) in [6.07, 6.45) is 3.46. The summed E-state index contributed by atoms with van der Waals surface area (Å²) in [6.45, 7) is 9.89. The van der Waals surface area contributed by atoms with E-state index in [1.807, 2.05) is 30.3 Å². The first-order chi connectivity index (χ1) is 27.6. The van der Waals surface area contributed by atoms with E-state index < -0.39 is 0 Å². The fourth-order valence-corrected chi connectivity index (χ4v) is 7.91. The first-order valence-corrected chi connectivity index (χ1v) is 19.2. The molecule has 0 saturated carbocycles. The van der Waals surface area contributed by atoms with E-state index >= 15 is 0 Å². The molecule has 0 saturated heterocycles. The third kappa shape index (κ3) is 7.04. The van der Waals surface area contributed by atoms with Crippen LogP contribution in [0.25, 0.3) is 67.3 Å². The van der Waals surface area contributed by atoms with E-state index in [0.717, 1.165) is 80.9 Å². The minimum absolute atomic E-state index is 0.00781. The number of carbonyl (C=O) groups is 1. The minimum Gasteiger partial charge on any atom is -0.370 e. The summed E-state index contributed by atoms with van der Waals surface area (Å²) in [5.74, 6) is 2.16. The van der Waals surface area contributed by atoms with Crippen molar-refractivity contribution in [3.63, 3.8) is 0 Å². The van der Waals surface area contributed by atoms with Gasteiger partial charge in [0.2, 0.25) is 0 Å². The molecule has 0 fully saturated rings. The summed E-state index contributed by atoms with van der Waals surface area (Å²) in [6, 6.07) is 33.1. The molecule has 0 radical (unpaired) electrons. The largest absolute Gasteiger partial charge is 0.370 e. The van der Waals surface area contributed by atoms with E-state index in [9.17, 15) is 4.79 Å². The first-order valence-electron chi connectivity index (χ1n) is 19.2. The van der Waals surface area contributed by atoms with Gasteiger partial charge in [-0.25, -0.2) is 15.0 Å². The van der Waals surface area contributed by atoms with Gasteiger partial charge in [-0.1, -0.05) is 71.4 Å². The third-order valence-corrected chi connectivity index (χ3v) is 10.6. The zero-order chi connectivity index (χ0) is 39.8. The van der Waals surface area contributed by atoms with Gasteiger partial charge in [0.25, 0.3) is 5.91 Å². The second kappa shape index (κ2) is 15.3. The molecule has 0 aliphatic heterocycles. The lowest BCUT2D eigenvalue weighted by Crippen LogP contribution is -2.21. The van der Waals surface area contributed by atoms with Gasteiger partial charge in [0.1, 0.15) is 11.6 Å². The number of aliphatic imine (C=N–C) groups is 1. The van der Waals surface area contributed by atoms with Crippen LogP contribution in [0.5, 0.6) is 0 Å². The molecule has 5 N–H and O–H groups in total. The molecular formula is C46H45N9O2. The van der Waals surface area contributed by atoms with Crippen LogP contribution in [0.1, 0.15) is 46.0 Å². The van der Waals surface area contributed by atoms with Crippen molar-refractivity contribution in [2.45, 2.75) is 53.6 Å². The number of benzene rings is 5. The molecule has 0 bridgehead atoms.